The van der Waals surface area contributed by atoms with Crippen molar-refractivity contribution in [2.45, 2.75) is 0 Å². The first-order valence-electron chi connectivity index (χ1n) is 3.50. The van der Waals surface area contributed by atoms with Crippen LogP contribution in [0.4, 0.5) is 11.5 Å². The lowest BCUT2D eigenvalue weighted by Gasteiger charge is -2.10. The van der Waals surface area contributed by atoms with Crippen LogP contribution in [-0.2, 0) is 0 Å². The molecule has 0 saturated heterocycles. The van der Waals surface area contributed by atoms with Crippen LogP contribution in [0.3, 0.4) is 0 Å². The van der Waals surface area contributed by atoms with E-state index in [4.69, 9.17) is 0 Å². The van der Waals surface area contributed by atoms with Crippen LogP contribution in [0.2, 0.25) is 0 Å². The van der Waals surface area contributed by atoms with Gasteiger partial charge in [0.2, 0.25) is 0 Å². The second-order valence-corrected chi connectivity index (χ2v) is 3.65. The highest BCUT2D eigenvalue weighted by Gasteiger charge is 2.13. The van der Waals surface area contributed by atoms with Gasteiger partial charge in [0.1, 0.15) is 5.82 Å². The molecule has 0 aliphatic rings. The smallest absolute Gasteiger partial charge is 0.301 e. The summed E-state index contributed by atoms with van der Waals surface area (Å²) in [5.41, 5.74) is 0.0474. The van der Waals surface area contributed by atoms with E-state index in [1.165, 1.54) is 6.07 Å². The molecule has 0 aliphatic heterocycles. The average Bonchev–Trinajstić information content (AvgIpc) is 2.03. The molecule has 0 aromatic carbocycles. The van der Waals surface area contributed by atoms with Crippen LogP contribution in [0.25, 0.3) is 0 Å². The molecule has 1 aromatic heterocycles. The molecule has 0 atom stereocenters. The van der Waals surface area contributed by atoms with Gasteiger partial charge < -0.3 is 4.90 Å². The van der Waals surface area contributed by atoms with E-state index in [0.29, 0.717) is 3.70 Å². The molecular weight excluding hydrogens is 285 g/mol. The van der Waals surface area contributed by atoms with Gasteiger partial charge in [-0.2, -0.15) is 0 Å². The van der Waals surface area contributed by atoms with Gasteiger partial charge in [-0.1, -0.05) is 0 Å². The summed E-state index contributed by atoms with van der Waals surface area (Å²) in [6.45, 7) is 0. The van der Waals surface area contributed by atoms with Crippen LogP contribution in [0, 0.1) is 13.8 Å². The topological polar surface area (TPSA) is 59.3 Å². The number of hydrogen-bond donors (Lipinski definition) is 0. The lowest BCUT2D eigenvalue weighted by molar-refractivity contribution is -0.386. The lowest BCUT2D eigenvalue weighted by Crippen LogP contribution is -2.11. The Hall–Kier alpha value is -0.920. The average molecular weight is 293 g/mol. The zero-order valence-electron chi connectivity index (χ0n) is 7.19. The zero-order chi connectivity index (χ0) is 10.0. The Morgan fingerprint density at radius 2 is 2.15 bits per heavy atom. The number of nitrogens with zero attached hydrogens (tertiary/aromatic N) is 3. The van der Waals surface area contributed by atoms with E-state index in [1.54, 1.807) is 11.0 Å². The number of aromatic nitrogens is 1. The molecule has 70 valence electrons. The molecule has 0 N–H and O–H groups in total. The molecule has 1 rings (SSSR count). The van der Waals surface area contributed by atoms with Crippen molar-refractivity contribution in [3.8, 4) is 0 Å². The summed E-state index contributed by atoms with van der Waals surface area (Å²) >= 11 is 1.86. The maximum Gasteiger partial charge on any atom is 0.301 e. The Bertz CT molecular complexity index is 341. The van der Waals surface area contributed by atoms with Crippen molar-refractivity contribution in [1.29, 1.82) is 0 Å². The monoisotopic (exact) mass is 293 g/mol. The van der Waals surface area contributed by atoms with Crippen LogP contribution in [0.1, 0.15) is 0 Å². The summed E-state index contributed by atoms with van der Waals surface area (Å²) in [5.74, 6) is 0.718. The minimum Gasteiger partial charge on any atom is -0.363 e. The highest BCUT2D eigenvalue weighted by molar-refractivity contribution is 14.1. The largest absolute Gasteiger partial charge is 0.363 e. The number of pyridine rings is 1. The third-order valence-corrected chi connectivity index (χ3v) is 2.26. The number of anilines is 1. The first-order chi connectivity index (χ1) is 6.02. The minimum absolute atomic E-state index is 0.0474. The Kier molecular flexibility index (Phi) is 3.02. The van der Waals surface area contributed by atoms with Gasteiger partial charge in [0, 0.05) is 20.2 Å². The van der Waals surface area contributed by atoms with Gasteiger partial charge in [-0.05, 0) is 28.7 Å². The molecule has 0 radical (unpaired) electrons. The molecule has 1 aromatic rings. The minimum atomic E-state index is -0.436. The van der Waals surface area contributed by atoms with E-state index < -0.39 is 4.92 Å². The first-order valence-corrected chi connectivity index (χ1v) is 4.58. The van der Waals surface area contributed by atoms with Gasteiger partial charge >= 0.3 is 5.69 Å². The van der Waals surface area contributed by atoms with Crippen molar-refractivity contribution in [2.24, 2.45) is 0 Å². The Morgan fingerprint density at radius 3 is 2.54 bits per heavy atom. The van der Waals surface area contributed by atoms with Gasteiger partial charge in [-0.25, -0.2) is 4.98 Å². The van der Waals surface area contributed by atoms with Gasteiger partial charge in [-0.15, -0.1) is 0 Å². The Balaban J connectivity index is 3.13. The molecule has 0 bridgehead atoms. The highest BCUT2D eigenvalue weighted by Crippen LogP contribution is 2.21. The van der Waals surface area contributed by atoms with Crippen LogP contribution < -0.4 is 4.90 Å². The molecule has 0 saturated carbocycles. The van der Waals surface area contributed by atoms with Gasteiger partial charge in [-0.3, -0.25) is 10.1 Å². The Morgan fingerprint density at radius 1 is 1.54 bits per heavy atom. The SMILES string of the molecule is CN(C)c1ccc([N+](=O)[O-])c(I)n1. The van der Waals surface area contributed by atoms with Crippen LogP contribution in [0.5, 0.6) is 0 Å². The standard InChI is InChI=1S/C7H8IN3O2/c1-10(2)6-4-3-5(11(12)13)7(8)9-6/h3-4H,1-2H3. The van der Waals surface area contributed by atoms with Crippen molar-refractivity contribution in [2.75, 3.05) is 19.0 Å². The molecule has 0 fully saturated rings. The molecule has 0 aliphatic carbocycles. The third kappa shape index (κ3) is 2.27. The maximum atomic E-state index is 10.5. The summed E-state index contributed by atoms with van der Waals surface area (Å²) in [5, 5.41) is 10.5. The summed E-state index contributed by atoms with van der Waals surface area (Å²) in [7, 11) is 3.68. The predicted molar refractivity (Wildman–Crippen MR) is 57.9 cm³/mol. The molecule has 1 heterocycles. The number of hydrogen-bond acceptors (Lipinski definition) is 4. The fourth-order valence-corrected chi connectivity index (χ4v) is 1.43. The zero-order valence-corrected chi connectivity index (χ0v) is 9.35. The van der Waals surface area contributed by atoms with Crippen LogP contribution >= 0.6 is 22.6 Å². The first kappa shape index (κ1) is 10.2. The molecule has 0 amide bonds. The van der Waals surface area contributed by atoms with Crippen LogP contribution in [0.15, 0.2) is 12.1 Å². The molecule has 0 unspecified atom stereocenters. The number of rotatable bonds is 2. The molecule has 5 nitrogen and oxygen atoms in total. The second-order valence-electron chi connectivity index (χ2n) is 2.63. The van der Waals surface area contributed by atoms with Gasteiger partial charge in [0.05, 0.1) is 4.92 Å². The fourth-order valence-electron chi connectivity index (χ4n) is 0.803. The quantitative estimate of drug-likeness (QED) is 0.360. The van der Waals surface area contributed by atoms with Gasteiger partial charge in [0.25, 0.3) is 0 Å². The predicted octanol–water partition coefficient (Wildman–Crippen LogP) is 1.66. The summed E-state index contributed by atoms with van der Waals surface area (Å²) < 4.78 is 0.411. The van der Waals surface area contributed by atoms with Gasteiger partial charge in [0.15, 0.2) is 3.70 Å². The summed E-state index contributed by atoms with van der Waals surface area (Å²) in [6.07, 6.45) is 0. The Labute approximate surface area is 89.1 Å². The van der Waals surface area contributed by atoms with Crippen molar-refractivity contribution in [1.82, 2.24) is 4.98 Å². The fraction of sp³-hybridized carbons (Fsp3) is 0.286. The van der Waals surface area contributed by atoms with E-state index in [-0.39, 0.29) is 5.69 Å². The van der Waals surface area contributed by atoms with Crippen molar-refractivity contribution >= 4 is 34.1 Å². The highest BCUT2D eigenvalue weighted by atomic mass is 127. The normalized spacial score (nSPS) is 9.77. The third-order valence-electron chi connectivity index (χ3n) is 1.47. The summed E-state index contributed by atoms with van der Waals surface area (Å²) in [6, 6.07) is 3.09. The van der Waals surface area contributed by atoms with E-state index in [1.807, 2.05) is 36.7 Å². The molecule has 0 spiro atoms. The molecule has 13 heavy (non-hydrogen) atoms. The van der Waals surface area contributed by atoms with E-state index in [2.05, 4.69) is 4.98 Å². The van der Waals surface area contributed by atoms with Crippen molar-refractivity contribution in [3.63, 3.8) is 0 Å². The van der Waals surface area contributed by atoms with E-state index in [9.17, 15) is 10.1 Å². The number of nitro groups is 1. The summed E-state index contributed by atoms with van der Waals surface area (Å²) in [4.78, 5) is 15.9. The lowest BCUT2D eigenvalue weighted by atomic mass is 10.4. The van der Waals surface area contributed by atoms with E-state index in [0.717, 1.165) is 5.82 Å². The molecule has 6 heteroatoms. The second kappa shape index (κ2) is 3.86. The van der Waals surface area contributed by atoms with Crippen molar-refractivity contribution in [3.05, 3.63) is 25.9 Å². The van der Waals surface area contributed by atoms with Crippen molar-refractivity contribution < 1.29 is 4.92 Å². The van der Waals surface area contributed by atoms with E-state index >= 15 is 0 Å². The van der Waals surface area contributed by atoms with Crippen LogP contribution in [-0.4, -0.2) is 24.0 Å². The number of halogens is 1. The maximum absolute atomic E-state index is 10.5. The molecular formula is C7H8IN3O2.